The zero-order chi connectivity index (χ0) is 14.2. The number of nitrogens with zero attached hydrogens (tertiary/aromatic N) is 2. The van der Waals surface area contributed by atoms with Gasteiger partial charge in [0.1, 0.15) is 6.10 Å². The van der Waals surface area contributed by atoms with Gasteiger partial charge in [0.2, 0.25) is 0 Å². The van der Waals surface area contributed by atoms with Crippen LogP contribution in [0.3, 0.4) is 0 Å². The van der Waals surface area contributed by atoms with Crippen molar-refractivity contribution in [2.75, 3.05) is 6.61 Å². The van der Waals surface area contributed by atoms with Gasteiger partial charge in [-0.3, -0.25) is 4.40 Å². The number of aromatic nitrogens is 2. The number of imidazole rings is 1. The van der Waals surface area contributed by atoms with Crippen LogP contribution in [0.4, 0.5) is 0 Å². The molecular weight excluding hydrogens is 284 g/mol. The molecule has 0 saturated heterocycles. The SMILES string of the molecule is OC(Cc1cn2ccsc2n1)C1OCCc2ccccc21. The first kappa shape index (κ1) is 13.0. The van der Waals surface area contributed by atoms with Gasteiger partial charge >= 0.3 is 0 Å². The standard InChI is InChI=1S/C16H16N2O2S/c19-14(9-12-10-18-6-8-21-16(18)17-12)15-13-4-2-1-3-11(13)5-7-20-15/h1-4,6,8,10,14-15,19H,5,7,9H2. The maximum absolute atomic E-state index is 10.6. The van der Waals surface area contributed by atoms with E-state index >= 15 is 0 Å². The first-order valence-corrected chi connectivity index (χ1v) is 7.98. The normalized spacial score (nSPS) is 19.6. The van der Waals surface area contributed by atoms with Crippen molar-refractivity contribution < 1.29 is 9.84 Å². The average Bonchev–Trinajstić information content (AvgIpc) is 3.07. The molecule has 2 atom stereocenters. The molecule has 1 aliphatic rings. The number of hydrogen-bond donors (Lipinski definition) is 1. The van der Waals surface area contributed by atoms with Crippen LogP contribution in [0.2, 0.25) is 0 Å². The molecule has 1 N–H and O–H groups in total. The highest BCUT2D eigenvalue weighted by molar-refractivity contribution is 7.15. The zero-order valence-electron chi connectivity index (χ0n) is 11.5. The van der Waals surface area contributed by atoms with Gasteiger partial charge in [-0.15, -0.1) is 11.3 Å². The minimum absolute atomic E-state index is 0.255. The molecule has 0 spiro atoms. The number of rotatable bonds is 3. The molecule has 0 bridgehead atoms. The highest BCUT2D eigenvalue weighted by Crippen LogP contribution is 2.31. The number of thiazole rings is 1. The Morgan fingerprint density at radius 2 is 2.33 bits per heavy atom. The first-order chi connectivity index (χ1) is 10.3. The van der Waals surface area contributed by atoms with Gasteiger partial charge in [-0.25, -0.2) is 4.98 Å². The predicted octanol–water partition coefficient (Wildman–Crippen LogP) is 2.61. The van der Waals surface area contributed by atoms with Crippen LogP contribution >= 0.6 is 11.3 Å². The fraction of sp³-hybridized carbons (Fsp3) is 0.312. The third-order valence-electron chi connectivity index (χ3n) is 3.94. The van der Waals surface area contributed by atoms with E-state index < -0.39 is 6.10 Å². The van der Waals surface area contributed by atoms with Crippen molar-refractivity contribution in [2.45, 2.75) is 25.0 Å². The molecule has 2 unspecified atom stereocenters. The van der Waals surface area contributed by atoms with E-state index in [0.717, 1.165) is 22.6 Å². The summed E-state index contributed by atoms with van der Waals surface area (Å²) >= 11 is 1.60. The van der Waals surface area contributed by atoms with Crippen LogP contribution in [0.25, 0.3) is 4.96 Å². The van der Waals surface area contributed by atoms with Gasteiger partial charge in [0.25, 0.3) is 0 Å². The molecule has 0 saturated carbocycles. The van der Waals surface area contributed by atoms with Gasteiger partial charge in [-0.1, -0.05) is 24.3 Å². The van der Waals surface area contributed by atoms with E-state index in [1.165, 1.54) is 5.56 Å². The Bertz CT molecular complexity index is 736. The van der Waals surface area contributed by atoms with Crippen molar-refractivity contribution in [3.63, 3.8) is 0 Å². The monoisotopic (exact) mass is 300 g/mol. The molecule has 0 fully saturated rings. The largest absolute Gasteiger partial charge is 0.390 e. The van der Waals surface area contributed by atoms with Crippen molar-refractivity contribution in [1.29, 1.82) is 0 Å². The Morgan fingerprint density at radius 3 is 3.24 bits per heavy atom. The zero-order valence-corrected chi connectivity index (χ0v) is 12.3. The lowest BCUT2D eigenvalue weighted by Gasteiger charge is -2.29. The van der Waals surface area contributed by atoms with Gasteiger partial charge in [0, 0.05) is 24.2 Å². The van der Waals surface area contributed by atoms with Crippen molar-refractivity contribution >= 4 is 16.3 Å². The quantitative estimate of drug-likeness (QED) is 0.809. The maximum Gasteiger partial charge on any atom is 0.193 e. The molecule has 108 valence electrons. The molecule has 3 aromatic rings. The molecule has 4 rings (SSSR count). The summed E-state index contributed by atoms with van der Waals surface area (Å²) in [4.78, 5) is 5.49. The lowest BCUT2D eigenvalue weighted by molar-refractivity contribution is -0.0463. The smallest absolute Gasteiger partial charge is 0.193 e. The summed E-state index contributed by atoms with van der Waals surface area (Å²) in [7, 11) is 0. The molecular formula is C16H16N2O2S. The molecule has 2 aromatic heterocycles. The summed E-state index contributed by atoms with van der Waals surface area (Å²) in [5.41, 5.74) is 3.29. The van der Waals surface area contributed by atoms with E-state index in [4.69, 9.17) is 4.74 Å². The van der Waals surface area contributed by atoms with E-state index in [-0.39, 0.29) is 6.10 Å². The van der Waals surface area contributed by atoms with Gasteiger partial charge in [0.05, 0.1) is 18.4 Å². The highest BCUT2D eigenvalue weighted by atomic mass is 32.1. The third-order valence-corrected chi connectivity index (χ3v) is 4.71. The van der Waals surface area contributed by atoms with Crippen LogP contribution in [0.1, 0.15) is 22.9 Å². The van der Waals surface area contributed by atoms with Gasteiger partial charge < -0.3 is 9.84 Å². The topological polar surface area (TPSA) is 46.8 Å². The fourth-order valence-electron chi connectivity index (χ4n) is 2.94. The summed E-state index contributed by atoms with van der Waals surface area (Å²) in [5, 5.41) is 12.6. The Morgan fingerprint density at radius 1 is 1.43 bits per heavy atom. The number of aliphatic hydroxyl groups is 1. The predicted molar refractivity (Wildman–Crippen MR) is 81.6 cm³/mol. The van der Waals surface area contributed by atoms with E-state index in [1.807, 2.05) is 40.4 Å². The third kappa shape index (κ3) is 2.37. The van der Waals surface area contributed by atoms with E-state index in [1.54, 1.807) is 11.3 Å². The van der Waals surface area contributed by atoms with Gasteiger partial charge in [-0.2, -0.15) is 0 Å². The van der Waals surface area contributed by atoms with Crippen molar-refractivity contribution in [3.8, 4) is 0 Å². The van der Waals surface area contributed by atoms with Crippen molar-refractivity contribution in [2.24, 2.45) is 0 Å². The first-order valence-electron chi connectivity index (χ1n) is 7.10. The van der Waals surface area contributed by atoms with Crippen LogP contribution < -0.4 is 0 Å². The van der Waals surface area contributed by atoms with E-state index in [2.05, 4.69) is 11.1 Å². The van der Waals surface area contributed by atoms with Gasteiger partial charge in [-0.05, 0) is 17.5 Å². The minimum Gasteiger partial charge on any atom is -0.390 e. The van der Waals surface area contributed by atoms with E-state index in [0.29, 0.717) is 13.0 Å². The minimum atomic E-state index is -0.573. The molecule has 5 heteroatoms. The fourth-order valence-corrected chi connectivity index (χ4v) is 3.66. The summed E-state index contributed by atoms with van der Waals surface area (Å²) < 4.78 is 7.80. The molecule has 0 aliphatic carbocycles. The van der Waals surface area contributed by atoms with Crippen molar-refractivity contribution in [3.05, 3.63) is 58.9 Å². The summed E-state index contributed by atoms with van der Waals surface area (Å²) in [6.45, 7) is 0.664. The molecule has 0 radical (unpaired) electrons. The van der Waals surface area contributed by atoms with Crippen molar-refractivity contribution in [1.82, 2.24) is 9.38 Å². The molecule has 3 heterocycles. The summed E-state index contributed by atoms with van der Waals surface area (Å²) in [5.74, 6) is 0. The Balaban J connectivity index is 1.57. The number of aliphatic hydroxyl groups excluding tert-OH is 1. The second-order valence-electron chi connectivity index (χ2n) is 5.34. The van der Waals surface area contributed by atoms with Crippen LogP contribution in [-0.2, 0) is 17.6 Å². The van der Waals surface area contributed by atoms with Crippen LogP contribution in [-0.4, -0.2) is 27.2 Å². The molecule has 4 nitrogen and oxygen atoms in total. The summed E-state index contributed by atoms with van der Waals surface area (Å²) in [6.07, 6.45) is 4.55. The lowest BCUT2D eigenvalue weighted by atomic mass is 9.93. The Labute approximate surface area is 126 Å². The molecule has 1 aromatic carbocycles. The van der Waals surface area contributed by atoms with Crippen LogP contribution in [0.15, 0.2) is 42.0 Å². The molecule has 0 amide bonds. The van der Waals surface area contributed by atoms with Crippen LogP contribution in [0, 0.1) is 0 Å². The van der Waals surface area contributed by atoms with E-state index in [9.17, 15) is 5.11 Å². The number of fused-ring (bicyclic) bond motifs is 2. The summed E-state index contributed by atoms with van der Waals surface area (Å²) in [6, 6.07) is 8.20. The number of ether oxygens (including phenoxy) is 1. The number of hydrogen-bond acceptors (Lipinski definition) is 4. The highest BCUT2D eigenvalue weighted by Gasteiger charge is 2.28. The average molecular weight is 300 g/mol. The lowest BCUT2D eigenvalue weighted by Crippen LogP contribution is -2.28. The van der Waals surface area contributed by atoms with Gasteiger partial charge in [0.15, 0.2) is 4.96 Å². The Kier molecular flexibility index (Phi) is 3.25. The molecule has 21 heavy (non-hydrogen) atoms. The van der Waals surface area contributed by atoms with Crippen LogP contribution in [0.5, 0.6) is 0 Å². The number of benzene rings is 1. The maximum atomic E-state index is 10.6. The second kappa shape index (κ2) is 5.26. The molecule has 1 aliphatic heterocycles. The Hall–Kier alpha value is -1.69. The second-order valence-corrected chi connectivity index (χ2v) is 6.21.